The second-order valence-corrected chi connectivity index (χ2v) is 3.98. The molecule has 1 aromatic heterocycles. The summed E-state index contributed by atoms with van der Waals surface area (Å²) in [6.45, 7) is 0.937. The first-order chi connectivity index (χ1) is 9.19. The first-order valence-corrected chi connectivity index (χ1v) is 5.74. The minimum Gasteiger partial charge on any atom is -0.404 e. The van der Waals surface area contributed by atoms with Gasteiger partial charge in [-0.25, -0.2) is 0 Å². The minimum atomic E-state index is -0.553. The topological polar surface area (TPSA) is 77.5 Å². The molecule has 0 saturated carbocycles. The van der Waals surface area contributed by atoms with Gasteiger partial charge in [0.15, 0.2) is 0 Å². The van der Waals surface area contributed by atoms with Gasteiger partial charge in [-0.05, 0) is 23.8 Å². The molecule has 0 amide bonds. The van der Waals surface area contributed by atoms with Crippen molar-refractivity contribution in [1.29, 1.82) is 0 Å². The normalized spacial score (nSPS) is 10.4. The Kier molecular flexibility index (Phi) is 4.15. The van der Waals surface area contributed by atoms with Crippen LogP contribution in [0, 0.1) is 10.1 Å². The van der Waals surface area contributed by atoms with Crippen LogP contribution in [0.15, 0.2) is 40.8 Å². The zero-order valence-electron chi connectivity index (χ0n) is 10.5. The SMILES string of the molecule is COCc1cccc(NCc2ccc([N+](=O)[O-])o2)c1. The van der Waals surface area contributed by atoms with Gasteiger partial charge < -0.3 is 14.5 Å². The number of furan rings is 1. The van der Waals surface area contributed by atoms with Crippen LogP contribution in [0.25, 0.3) is 0 Å². The van der Waals surface area contributed by atoms with Crippen molar-refractivity contribution in [2.75, 3.05) is 12.4 Å². The third-order valence-electron chi connectivity index (χ3n) is 2.53. The summed E-state index contributed by atoms with van der Waals surface area (Å²) in [7, 11) is 1.64. The molecule has 0 fully saturated rings. The van der Waals surface area contributed by atoms with Crippen molar-refractivity contribution < 1.29 is 14.1 Å². The lowest BCUT2D eigenvalue weighted by molar-refractivity contribution is -0.402. The molecule has 1 aromatic carbocycles. The maximum atomic E-state index is 10.5. The van der Waals surface area contributed by atoms with E-state index in [1.165, 1.54) is 6.07 Å². The Morgan fingerprint density at radius 1 is 1.37 bits per heavy atom. The maximum Gasteiger partial charge on any atom is 0.433 e. The molecule has 0 aliphatic heterocycles. The molecule has 6 nitrogen and oxygen atoms in total. The third-order valence-corrected chi connectivity index (χ3v) is 2.53. The van der Waals surface area contributed by atoms with Gasteiger partial charge in [0.2, 0.25) is 0 Å². The van der Waals surface area contributed by atoms with E-state index in [4.69, 9.17) is 9.15 Å². The van der Waals surface area contributed by atoms with Gasteiger partial charge in [-0.15, -0.1) is 0 Å². The highest BCUT2D eigenvalue weighted by atomic mass is 16.6. The fourth-order valence-electron chi connectivity index (χ4n) is 1.69. The molecule has 0 aliphatic carbocycles. The van der Waals surface area contributed by atoms with Gasteiger partial charge in [0, 0.05) is 12.8 Å². The predicted molar refractivity (Wildman–Crippen MR) is 69.8 cm³/mol. The number of nitro groups is 1. The Hall–Kier alpha value is -2.34. The number of benzene rings is 1. The van der Waals surface area contributed by atoms with Gasteiger partial charge in [0.1, 0.15) is 10.7 Å². The first kappa shape index (κ1) is 13.1. The van der Waals surface area contributed by atoms with E-state index in [9.17, 15) is 10.1 Å². The fourth-order valence-corrected chi connectivity index (χ4v) is 1.69. The Morgan fingerprint density at radius 2 is 2.21 bits per heavy atom. The van der Waals surface area contributed by atoms with Gasteiger partial charge in [-0.1, -0.05) is 12.1 Å². The lowest BCUT2D eigenvalue weighted by Crippen LogP contribution is -1.99. The summed E-state index contributed by atoms with van der Waals surface area (Å²) in [6, 6.07) is 10.7. The molecular formula is C13H14N2O4. The zero-order valence-corrected chi connectivity index (χ0v) is 10.5. The molecular weight excluding hydrogens is 248 g/mol. The molecule has 2 aromatic rings. The molecule has 1 N–H and O–H groups in total. The molecule has 100 valence electrons. The predicted octanol–water partition coefficient (Wildman–Crippen LogP) is 2.95. The van der Waals surface area contributed by atoms with Crippen molar-refractivity contribution in [3.05, 3.63) is 57.8 Å². The second-order valence-electron chi connectivity index (χ2n) is 3.98. The molecule has 0 saturated heterocycles. The van der Waals surface area contributed by atoms with Crippen molar-refractivity contribution in [1.82, 2.24) is 0 Å². The van der Waals surface area contributed by atoms with Crippen LogP contribution in [0.4, 0.5) is 11.6 Å². The number of hydrogen-bond acceptors (Lipinski definition) is 5. The number of ether oxygens (including phenoxy) is 1. The third kappa shape index (κ3) is 3.56. The number of methoxy groups -OCH3 is 1. The van der Waals surface area contributed by atoms with Gasteiger partial charge in [0.25, 0.3) is 0 Å². The molecule has 1 heterocycles. The standard InChI is InChI=1S/C13H14N2O4/c1-18-9-10-3-2-4-11(7-10)14-8-12-5-6-13(19-12)15(16)17/h2-7,14H,8-9H2,1H3. The lowest BCUT2D eigenvalue weighted by Gasteiger charge is -2.06. The summed E-state index contributed by atoms with van der Waals surface area (Å²) >= 11 is 0. The molecule has 0 unspecified atom stereocenters. The van der Waals surface area contributed by atoms with E-state index in [0.717, 1.165) is 11.3 Å². The van der Waals surface area contributed by atoms with Gasteiger partial charge in [-0.3, -0.25) is 10.1 Å². The van der Waals surface area contributed by atoms with Gasteiger partial charge in [-0.2, -0.15) is 0 Å². The number of rotatable bonds is 6. The lowest BCUT2D eigenvalue weighted by atomic mass is 10.2. The van der Waals surface area contributed by atoms with Crippen molar-refractivity contribution in [2.24, 2.45) is 0 Å². The largest absolute Gasteiger partial charge is 0.433 e. The average Bonchev–Trinajstić information content (AvgIpc) is 2.86. The van der Waals surface area contributed by atoms with Crippen LogP contribution < -0.4 is 5.32 Å². The molecule has 2 rings (SSSR count). The molecule has 0 atom stereocenters. The van der Waals surface area contributed by atoms with E-state index in [1.54, 1.807) is 13.2 Å². The van der Waals surface area contributed by atoms with E-state index < -0.39 is 4.92 Å². The van der Waals surface area contributed by atoms with Crippen LogP contribution >= 0.6 is 0 Å². The monoisotopic (exact) mass is 262 g/mol. The maximum absolute atomic E-state index is 10.5. The molecule has 0 aliphatic rings. The highest BCUT2D eigenvalue weighted by Gasteiger charge is 2.11. The smallest absolute Gasteiger partial charge is 0.404 e. The highest BCUT2D eigenvalue weighted by Crippen LogP contribution is 2.17. The molecule has 19 heavy (non-hydrogen) atoms. The molecule has 0 spiro atoms. The van der Waals surface area contributed by atoms with E-state index in [-0.39, 0.29) is 5.88 Å². The summed E-state index contributed by atoms with van der Waals surface area (Å²) in [4.78, 5) is 9.93. The summed E-state index contributed by atoms with van der Waals surface area (Å²) in [5, 5.41) is 13.6. The zero-order chi connectivity index (χ0) is 13.7. The number of anilines is 1. The van der Waals surface area contributed by atoms with Gasteiger partial charge in [0.05, 0.1) is 19.2 Å². The van der Waals surface area contributed by atoms with Crippen molar-refractivity contribution in [3.8, 4) is 0 Å². The minimum absolute atomic E-state index is 0.245. The summed E-state index contributed by atoms with van der Waals surface area (Å²) in [6.07, 6.45) is 0. The summed E-state index contributed by atoms with van der Waals surface area (Å²) in [5.74, 6) is 0.272. The van der Waals surface area contributed by atoms with E-state index in [0.29, 0.717) is 18.9 Å². The summed E-state index contributed by atoms with van der Waals surface area (Å²) < 4.78 is 10.1. The molecule has 6 heteroatoms. The Bertz CT molecular complexity index is 565. The van der Waals surface area contributed by atoms with Crippen LogP contribution in [0.2, 0.25) is 0 Å². The number of nitrogens with one attached hydrogen (secondary N) is 1. The van der Waals surface area contributed by atoms with Crippen molar-refractivity contribution in [3.63, 3.8) is 0 Å². The Balaban J connectivity index is 1.97. The Morgan fingerprint density at radius 3 is 2.89 bits per heavy atom. The average molecular weight is 262 g/mol. The van der Waals surface area contributed by atoms with E-state index in [2.05, 4.69) is 5.32 Å². The second kappa shape index (κ2) is 6.01. The first-order valence-electron chi connectivity index (χ1n) is 5.74. The van der Waals surface area contributed by atoms with E-state index >= 15 is 0 Å². The Labute approximate surface area is 110 Å². The number of hydrogen-bond donors (Lipinski definition) is 1. The number of nitrogens with zero attached hydrogens (tertiary/aromatic N) is 1. The fraction of sp³-hybridized carbons (Fsp3) is 0.231. The van der Waals surface area contributed by atoms with Crippen LogP contribution in [-0.4, -0.2) is 12.0 Å². The highest BCUT2D eigenvalue weighted by molar-refractivity contribution is 5.45. The molecule has 0 radical (unpaired) electrons. The summed E-state index contributed by atoms with van der Waals surface area (Å²) in [5.41, 5.74) is 1.96. The van der Waals surface area contributed by atoms with Crippen LogP contribution in [-0.2, 0) is 17.9 Å². The quantitative estimate of drug-likeness (QED) is 0.639. The van der Waals surface area contributed by atoms with Gasteiger partial charge >= 0.3 is 5.88 Å². The molecule has 0 bridgehead atoms. The van der Waals surface area contributed by atoms with Crippen molar-refractivity contribution in [2.45, 2.75) is 13.2 Å². The van der Waals surface area contributed by atoms with Crippen molar-refractivity contribution >= 4 is 11.6 Å². The van der Waals surface area contributed by atoms with Crippen LogP contribution in [0.1, 0.15) is 11.3 Å². The van der Waals surface area contributed by atoms with Crippen LogP contribution in [0.3, 0.4) is 0 Å². The van der Waals surface area contributed by atoms with E-state index in [1.807, 2.05) is 24.3 Å². The van der Waals surface area contributed by atoms with Crippen LogP contribution in [0.5, 0.6) is 0 Å².